The lowest BCUT2D eigenvalue weighted by atomic mass is 9.45. The van der Waals surface area contributed by atoms with E-state index in [1.165, 1.54) is 0 Å². The van der Waals surface area contributed by atoms with E-state index in [1.807, 2.05) is 6.92 Å². The van der Waals surface area contributed by atoms with Crippen molar-refractivity contribution < 1.29 is 52.0 Å². The SMILES string of the molecule is CC(C)[C@H](N)C(=O)OC(OC(=O)C(F)(F)F)C(=O)[C@@]1(O)CCC2C3CCC4=CC(=O)CC[C@]4(C)C3[C@@H](O)C[C@@]21C. The molecule has 3 fully saturated rings. The van der Waals surface area contributed by atoms with Crippen molar-refractivity contribution in [1.82, 2.24) is 0 Å². The number of Topliss-reactive ketones (excluding diaryl/α,β-unsaturated/α-hetero) is 1. The minimum atomic E-state index is -5.49. The number of carbonyl (C=O) groups excluding carboxylic acids is 4. The number of nitrogens with two attached hydrogens (primary N) is 1. The van der Waals surface area contributed by atoms with E-state index in [1.54, 1.807) is 26.8 Å². The number of ether oxygens (including phenoxy) is 2. The summed E-state index contributed by atoms with van der Waals surface area (Å²) in [6.07, 6.45) is -5.26. The Morgan fingerprint density at radius 3 is 2.35 bits per heavy atom. The molecule has 9 nitrogen and oxygen atoms in total. The smallest absolute Gasteiger partial charge is 0.416 e. The van der Waals surface area contributed by atoms with Gasteiger partial charge >= 0.3 is 24.4 Å². The molecule has 4 N–H and O–H groups in total. The van der Waals surface area contributed by atoms with Crippen LogP contribution >= 0.6 is 0 Å². The summed E-state index contributed by atoms with van der Waals surface area (Å²) >= 11 is 0. The number of allylic oxidation sites excluding steroid dienone is 1. The summed E-state index contributed by atoms with van der Waals surface area (Å²) in [6, 6.07) is -1.33. The number of alkyl halides is 3. The van der Waals surface area contributed by atoms with Gasteiger partial charge in [0.2, 0.25) is 5.78 Å². The molecule has 0 aromatic rings. The van der Waals surface area contributed by atoms with Crippen molar-refractivity contribution in [3.63, 3.8) is 0 Å². The van der Waals surface area contributed by atoms with E-state index in [2.05, 4.69) is 4.74 Å². The van der Waals surface area contributed by atoms with Crippen LogP contribution in [0.1, 0.15) is 72.6 Å². The number of hydrogen-bond donors (Lipinski definition) is 3. The van der Waals surface area contributed by atoms with E-state index in [4.69, 9.17) is 10.5 Å². The highest BCUT2D eigenvalue weighted by atomic mass is 19.4. The molecular weight excluding hydrogens is 535 g/mol. The summed E-state index contributed by atoms with van der Waals surface area (Å²) in [7, 11) is 0. The lowest BCUT2D eigenvalue weighted by Crippen LogP contribution is -2.63. The zero-order valence-electron chi connectivity index (χ0n) is 23.1. The quantitative estimate of drug-likeness (QED) is 0.322. The highest BCUT2D eigenvalue weighted by Gasteiger charge is 2.70. The average Bonchev–Trinajstić information content (AvgIpc) is 3.12. The number of fused-ring (bicyclic) bond motifs is 5. The van der Waals surface area contributed by atoms with Gasteiger partial charge < -0.3 is 25.4 Å². The Balaban J connectivity index is 1.66. The van der Waals surface area contributed by atoms with Crippen LogP contribution in [0.2, 0.25) is 0 Å². The molecule has 0 saturated heterocycles. The van der Waals surface area contributed by atoms with Crippen LogP contribution in [0.4, 0.5) is 13.2 Å². The lowest BCUT2D eigenvalue weighted by molar-refractivity contribution is -0.233. The molecule has 4 aliphatic carbocycles. The molecule has 0 aromatic heterocycles. The Morgan fingerprint density at radius 2 is 1.75 bits per heavy atom. The number of carbonyl (C=O) groups is 4. The van der Waals surface area contributed by atoms with Gasteiger partial charge in [0.1, 0.15) is 11.6 Å². The third kappa shape index (κ3) is 4.79. The van der Waals surface area contributed by atoms with E-state index in [9.17, 15) is 42.6 Å². The van der Waals surface area contributed by atoms with Gasteiger partial charge in [-0.3, -0.25) is 14.4 Å². The molecule has 4 rings (SSSR count). The van der Waals surface area contributed by atoms with Gasteiger partial charge in [0.05, 0.1) is 6.10 Å². The first-order valence-corrected chi connectivity index (χ1v) is 13.8. The molecule has 0 bridgehead atoms. The maximum Gasteiger partial charge on any atom is 0.491 e. The van der Waals surface area contributed by atoms with Gasteiger partial charge in [-0.2, -0.15) is 13.2 Å². The first-order valence-electron chi connectivity index (χ1n) is 13.8. The Bertz CT molecular complexity index is 1120. The normalized spacial score (nSPS) is 38.9. The maximum atomic E-state index is 13.8. The fraction of sp³-hybridized carbons (Fsp3) is 0.786. The molecule has 224 valence electrons. The second kappa shape index (κ2) is 10.2. The molecule has 40 heavy (non-hydrogen) atoms. The zero-order chi connectivity index (χ0) is 30.0. The molecule has 9 atom stereocenters. The predicted molar refractivity (Wildman–Crippen MR) is 133 cm³/mol. The van der Waals surface area contributed by atoms with Crippen molar-refractivity contribution in [3.8, 4) is 0 Å². The molecule has 0 spiro atoms. The molecule has 0 aromatic carbocycles. The van der Waals surface area contributed by atoms with Crippen LogP contribution in [0.15, 0.2) is 11.6 Å². The Labute approximate surface area is 230 Å². The van der Waals surface area contributed by atoms with Crippen molar-refractivity contribution in [3.05, 3.63) is 11.6 Å². The van der Waals surface area contributed by atoms with Gasteiger partial charge in [-0.15, -0.1) is 0 Å². The number of hydrogen-bond acceptors (Lipinski definition) is 9. The lowest BCUT2D eigenvalue weighted by Gasteiger charge is -2.60. The van der Waals surface area contributed by atoms with Crippen LogP contribution in [0.3, 0.4) is 0 Å². The highest BCUT2D eigenvalue weighted by molar-refractivity contribution is 5.95. The van der Waals surface area contributed by atoms with Crippen molar-refractivity contribution in [1.29, 1.82) is 0 Å². The number of halogens is 3. The summed E-state index contributed by atoms with van der Waals surface area (Å²) in [4.78, 5) is 50.1. The topological polar surface area (TPSA) is 153 Å². The minimum absolute atomic E-state index is 0.0491. The van der Waals surface area contributed by atoms with Gasteiger partial charge in [-0.05, 0) is 73.7 Å². The molecule has 4 aliphatic rings. The van der Waals surface area contributed by atoms with Crippen molar-refractivity contribution in [2.75, 3.05) is 0 Å². The first kappa shape index (κ1) is 30.6. The molecule has 0 heterocycles. The molecule has 0 radical (unpaired) electrons. The number of rotatable bonds is 6. The summed E-state index contributed by atoms with van der Waals surface area (Å²) < 4.78 is 48.5. The van der Waals surface area contributed by atoms with Gasteiger partial charge in [0.25, 0.3) is 0 Å². The summed E-state index contributed by atoms with van der Waals surface area (Å²) in [5.74, 6) is -6.56. The molecule has 0 aliphatic heterocycles. The third-order valence-corrected chi connectivity index (χ3v) is 10.3. The Morgan fingerprint density at radius 1 is 1.10 bits per heavy atom. The molecular formula is C28H38F3NO8. The maximum absolute atomic E-state index is 13.8. The van der Waals surface area contributed by atoms with E-state index in [0.717, 1.165) is 5.57 Å². The summed E-state index contributed by atoms with van der Waals surface area (Å²) in [5, 5.41) is 23.4. The molecule has 4 unspecified atom stereocenters. The van der Waals surface area contributed by atoms with Crippen LogP contribution < -0.4 is 5.73 Å². The van der Waals surface area contributed by atoms with Crippen LogP contribution in [0, 0.1) is 34.5 Å². The van der Waals surface area contributed by atoms with Crippen molar-refractivity contribution in [2.24, 2.45) is 40.2 Å². The summed E-state index contributed by atoms with van der Waals surface area (Å²) in [5.41, 5.74) is 2.62. The minimum Gasteiger partial charge on any atom is -0.416 e. The van der Waals surface area contributed by atoms with Crippen molar-refractivity contribution >= 4 is 23.5 Å². The number of aliphatic hydroxyl groups is 2. The standard InChI is InChI=1S/C28H38F3NO8/c1-13(2)20(32)22(36)39-23(40-24(37)28(29,30)31)21(35)27(38)10-8-17-16-6-5-14-11-15(33)7-9-25(14,3)19(16)18(34)12-26(17,27)4/h11,13,16-20,23,34,38H,5-10,12,32H2,1-4H3/t16?,17?,18-,19?,20-,23?,25-,26-,27-/m0/s1. The van der Waals surface area contributed by atoms with E-state index in [0.29, 0.717) is 32.1 Å². The van der Waals surface area contributed by atoms with Crippen LogP contribution in [0.25, 0.3) is 0 Å². The van der Waals surface area contributed by atoms with Crippen molar-refractivity contribution in [2.45, 2.75) is 103 Å². The van der Waals surface area contributed by atoms with E-state index >= 15 is 0 Å². The summed E-state index contributed by atoms with van der Waals surface area (Å²) in [6.45, 7) is 6.73. The van der Waals surface area contributed by atoms with Gasteiger partial charge in [0, 0.05) is 11.8 Å². The van der Waals surface area contributed by atoms with E-state index in [-0.39, 0.29) is 36.4 Å². The monoisotopic (exact) mass is 573 g/mol. The van der Waals surface area contributed by atoms with E-state index < -0.39 is 64.7 Å². The number of ketones is 2. The zero-order valence-corrected chi connectivity index (χ0v) is 23.1. The van der Waals surface area contributed by atoms with Gasteiger partial charge in [-0.1, -0.05) is 33.3 Å². The number of esters is 2. The largest absolute Gasteiger partial charge is 0.491 e. The fourth-order valence-corrected chi connectivity index (χ4v) is 8.04. The highest BCUT2D eigenvalue weighted by Crippen LogP contribution is 2.67. The predicted octanol–water partition coefficient (Wildman–Crippen LogP) is 2.75. The molecule has 3 saturated carbocycles. The Kier molecular flexibility index (Phi) is 7.81. The third-order valence-electron chi connectivity index (χ3n) is 10.3. The van der Waals surface area contributed by atoms with Crippen LogP contribution in [0.5, 0.6) is 0 Å². The van der Waals surface area contributed by atoms with Crippen LogP contribution in [-0.4, -0.2) is 63.9 Å². The molecule has 0 amide bonds. The van der Waals surface area contributed by atoms with Gasteiger partial charge in [-0.25, -0.2) is 4.79 Å². The molecule has 12 heteroatoms. The second-order valence-electron chi connectivity index (χ2n) is 12.8. The average molecular weight is 574 g/mol. The fourth-order valence-electron chi connectivity index (χ4n) is 8.04. The first-order chi connectivity index (χ1) is 18.4. The second-order valence-corrected chi connectivity index (χ2v) is 12.8. The van der Waals surface area contributed by atoms with Crippen LogP contribution in [-0.2, 0) is 28.7 Å². The van der Waals surface area contributed by atoms with Gasteiger partial charge in [0.15, 0.2) is 5.78 Å². The number of aliphatic hydroxyl groups excluding tert-OH is 1. The Hall–Kier alpha value is -2.31.